The fourth-order valence-electron chi connectivity index (χ4n) is 1.93. The molecule has 7 heteroatoms. The van der Waals surface area contributed by atoms with Crippen molar-refractivity contribution in [3.05, 3.63) is 59.7 Å². The maximum atomic E-state index is 12.3. The van der Waals surface area contributed by atoms with Gasteiger partial charge >= 0.3 is 5.97 Å². The van der Waals surface area contributed by atoms with Crippen LogP contribution in [0.1, 0.15) is 36.7 Å². The Bertz CT molecular complexity index is 904. The monoisotopic (exact) mass is 358 g/mol. The maximum absolute atomic E-state index is 12.3. The Kier molecular flexibility index (Phi) is 5.14. The molecule has 2 rings (SSSR count). The molecule has 25 heavy (non-hydrogen) atoms. The van der Waals surface area contributed by atoms with Crippen LogP contribution >= 0.6 is 0 Å². The summed E-state index contributed by atoms with van der Waals surface area (Å²) in [5.41, 5.74) is 0.418. The van der Waals surface area contributed by atoms with E-state index in [9.17, 15) is 13.2 Å². The number of nitriles is 1. The smallest absolute Gasteiger partial charge is 0.338 e. The van der Waals surface area contributed by atoms with Gasteiger partial charge in [0.1, 0.15) is 5.60 Å². The van der Waals surface area contributed by atoms with Crippen LogP contribution in [0.3, 0.4) is 0 Å². The summed E-state index contributed by atoms with van der Waals surface area (Å²) in [7, 11) is -3.78. The highest BCUT2D eigenvalue weighted by Gasteiger charge is 2.18. The summed E-state index contributed by atoms with van der Waals surface area (Å²) >= 11 is 0. The number of ether oxygens (including phenoxy) is 1. The van der Waals surface area contributed by atoms with Gasteiger partial charge in [0.05, 0.1) is 22.1 Å². The minimum Gasteiger partial charge on any atom is -0.456 e. The summed E-state index contributed by atoms with van der Waals surface area (Å²) in [4.78, 5) is 12.0. The van der Waals surface area contributed by atoms with Crippen molar-refractivity contribution >= 4 is 21.7 Å². The molecule has 130 valence electrons. The molecule has 0 aliphatic carbocycles. The SMILES string of the molecule is CC(C)(C)OC(=O)c1ccc(NS(=O)(=O)c2ccc(C#N)cc2)cc1. The van der Waals surface area contributed by atoms with Gasteiger partial charge in [-0.1, -0.05) is 0 Å². The quantitative estimate of drug-likeness (QED) is 0.846. The highest BCUT2D eigenvalue weighted by atomic mass is 32.2. The first-order valence-electron chi connectivity index (χ1n) is 7.47. The van der Waals surface area contributed by atoms with E-state index >= 15 is 0 Å². The molecule has 6 nitrogen and oxygen atoms in total. The van der Waals surface area contributed by atoms with Crippen LogP contribution in [0.15, 0.2) is 53.4 Å². The van der Waals surface area contributed by atoms with Crippen LogP contribution in [0.25, 0.3) is 0 Å². The van der Waals surface area contributed by atoms with Crippen molar-refractivity contribution < 1.29 is 17.9 Å². The van der Waals surface area contributed by atoms with Crippen molar-refractivity contribution in [1.82, 2.24) is 0 Å². The molecule has 2 aromatic carbocycles. The van der Waals surface area contributed by atoms with Crippen LogP contribution in [0, 0.1) is 11.3 Å². The van der Waals surface area contributed by atoms with Crippen LogP contribution in [0.4, 0.5) is 5.69 Å². The number of nitrogens with one attached hydrogen (secondary N) is 1. The summed E-state index contributed by atoms with van der Waals surface area (Å²) in [6.07, 6.45) is 0. The minimum atomic E-state index is -3.78. The van der Waals surface area contributed by atoms with Crippen LogP contribution in [-0.4, -0.2) is 20.0 Å². The molecule has 0 atom stereocenters. The highest BCUT2D eigenvalue weighted by Crippen LogP contribution is 2.18. The summed E-state index contributed by atoms with van der Waals surface area (Å²) < 4.78 is 32.3. The second kappa shape index (κ2) is 6.95. The third-order valence-corrected chi connectivity index (χ3v) is 4.46. The minimum absolute atomic E-state index is 0.0442. The van der Waals surface area contributed by atoms with Gasteiger partial charge in [-0.2, -0.15) is 5.26 Å². The molecule has 0 unspecified atom stereocenters. The van der Waals surface area contributed by atoms with E-state index in [1.807, 2.05) is 6.07 Å². The number of sulfonamides is 1. The van der Waals surface area contributed by atoms with Crippen molar-refractivity contribution in [2.75, 3.05) is 4.72 Å². The number of rotatable bonds is 4. The molecule has 0 fully saturated rings. The Morgan fingerprint density at radius 2 is 1.60 bits per heavy atom. The molecule has 0 heterocycles. The van der Waals surface area contributed by atoms with Crippen molar-refractivity contribution in [1.29, 1.82) is 5.26 Å². The average molecular weight is 358 g/mol. The zero-order chi connectivity index (χ0) is 18.7. The van der Waals surface area contributed by atoms with Crippen molar-refractivity contribution in [3.63, 3.8) is 0 Å². The van der Waals surface area contributed by atoms with Crippen LogP contribution in [0.2, 0.25) is 0 Å². The predicted octanol–water partition coefficient (Wildman–Crippen LogP) is 3.31. The van der Waals surface area contributed by atoms with Crippen molar-refractivity contribution in [2.45, 2.75) is 31.3 Å². The summed E-state index contributed by atoms with van der Waals surface area (Å²) in [6.45, 7) is 5.31. The zero-order valence-corrected chi connectivity index (χ0v) is 14.9. The van der Waals surface area contributed by atoms with E-state index in [0.29, 0.717) is 16.8 Å². The molecule has 1 N–H and O–H groups in total. The average Bonchev–Trinajstić information content (AvgIpc) is 2.53. The second-order valence-electron chi connectivity index (χ2n) is 6.32. The molecule has 2 aromatic rings. The number of benzene rings is 2. The molecule has 0 aliphatic rings. The second-order valence-corrected chi connectivity index (χ2v) is 8.00. The number of esters is 1. The Labute approximate surface area is 147 Å². The lowest BCUT2D eigenvalue weighted by Crippen LogP contribution is -2.23. The zero-order valence-electron chi connectivity index (χ0n) is 14.1. The maximum Gasteiger partial charge on any atom is 0.338 e. The molecule has 0 saturated carbocycles. The van der Waals surface area contributed by atoms with Crippen LogP contribution in [-0.2, 0) is 14.8 Å². The van der Waals surface area contributed by atoms with Gasteiger partial charge in [0, 0.05) is 5.69 Å². The molecule has 0 bridgehead atoms. The Morgan fingerprint density at radius 1 is 1.04 bits per heavy atom. The Balaban J connectivity index is 2.14. The lowest BCUT2D eigenvalue weighted by atomic mass is 10.1. The fraction of sp³-hybridized carbons (Fsp3) is 0.222. The Morgan fingerprint density at radius 3 is 2.08 bits per heavy atom. The lowest BCUT2D eigenvalue weighted by Gasteiger charge is -2.19. The predicted molar refractivity (Wildman–Crippen MR) is 93.6 cm³/mol. The first-order valence-corrected chi connectivity index (χ1v) is 8.95. The van der Waals surface area contributed by atoms with E-state index in [2.05, 4.69) is 4.72 Å². The van der Waals surface area contributed by atoms with Gasteiger partial charge in [-0.15, -0.1) is 0 Å². The fourth-order valence-corrected chi connectivity index (χ4v) is 2.99. The standard InChI is InChI=1S/C18H18N2O4S/c1-18(2,3)24-17(21)14-6-8-15(9-7-14)20-25(22,23)16-10-4-13(12-19)5-11-16/h4-11,20H,1-3H3. The normalized spacial score (nSPS) is 11.4. The van der Waals surface area contributed by atoms with Gasteiger partial charge in [-0.3, -0.25) is 4.72 Å². The van der Waals surface area contributed by atoms with E-state index < -0.39 is 21.6 Å². The first kappa shape index (κ1) is 18.5. The van der Waals surface area contributed by atoms with E-state index in [4.69, 9.17) is 10.00 Å². The Hall–Kier alpha value is -2.85. The van der Waals surface area contributed by atoms with E-state index in [0.717, 1.165) is 0 Å². The third kappa shape index (κ3) is 5.06. The van der Waals surface area contributed by atoms with Gasteiger partial charge in [-0.25, -0.2) is 13.2 Å². The van der Waals surface area contributed by atoms with Gasteiger partial charge in [0.25, 0.3) is 10.0 Å². The van der Waals surface area contributed by atoms with Crippen molar-refractivity contribution in [3.8, 4) is 6.07 Å². The topological polar surface area (TPSA) is 96.3 Å². The molecule has 0 spiro atoms. The number of hydrogen-bond donors (Lipinski definition) is 1. The largest absolute Gasteiger partial charge is 0.456 e. The molecule has 0 radical (unpaired) electrons. The molecule has 0 aliphatic heterocycles. The van der Waals surface area contributed by atoms with Crippen molar-refractivity contribution in [2.24, 2.45) is 0 Å². The molecular formula is C18H18N2O4S. The van der Waals surface area contributed by atoms with E-state index in [1.54, 1.807) is 20.8 Å². The lowest BCUT2D eigenvalue weighted by molar-refractivity contribution is 0.00695. The number of carbonyl (C=O) groups excluding carboxylic acids is 1. The van der Waals surface area contributed by atoms with Gasteiger partial charge in [0.2, 0.25) is 0 Å². The number of carbonyl (C=O) groups is 1. The molecule has 0 amide bonds. The molecule has 0 aromatic heterocycles. The third-order valence-electron chi connectivity index (χ3n) is 3.07. The van der Waals surface area contributed by atoms with Crippen LogP contribution < -0.4 is 4.72 Å². The van der Waals surface area contributed by atoms with Gasteiger partial charge in [0.15, 0.2) is 0 Å². The number of hydrogen-bond acceptors (Lipinski definition) is 5. The van der Waals surface area contributed by atoms with Gasteiger partial charge < -0.3 is 4.74 Å². The summed E-state index contributed by atoms with van der Waals surface area (Å²) in [5.74, 6) is -0.478. The van der Waals surface area contributed by atoms with Gasteiger partial charge in [-0.05, 0) is 69.3 Å². The van der Waals surface area contributed by atoms with E-state index in [-0.39, 0.29) is 4.90 Å². The first-order chi connectivity index (χ1) is 11.6. The summed E-state index contributed by atoms with van der Waals surface area (Å²) in [5, 5.41) is 8.76. The molecule has 0 saturated heterocycles. The highest BCUT2D eigenvalue weighted by molar-refractivity contribution is 7.92. The van der Waals surface area contributed by atoms with E-state index in [1.165, 1.54) is 48.5 Å². The molecular weight excluding hydrogens is 340 g/mol. The summed E-state index contributed by atoms with van der Waals surface area (Å²) in [6, 6.07) is 13.5. The van der Waals surface area contributed by atoms with Crippen LogP contribution in [0.5, 0.6) is 0 Å². The number of anilines is 1. The number of nitrogens with zero attached hydrogens (tertiary/aromatic N) is 1.